The quantitative estimate of drug-likeness (QED) is 0.551. The van der Waals surface area contributed by atoms with Gasteiger partial charge in [0, 0.05) is 11.8 Å². The third kappa shape index (κ3) is 1.35. The predicted molar refractivity (Wildman–Crippen MR) is 47.1 cm³/mol. The van der Waals surface area contributed by atoms with E-state index in [0.717, 1.165) is 17.9 Å². The first kappa shape index (κ1) is 8.10. The third-order valence-electron chi connectivity index (χ3n) is 2.36. The molecule has 0 aromatic carbocycles. The molecule has 0 N–H and O–H groups in total. The molecule has 2 fully saturated rings. The van der Waals surface area contributed by atoms with Gasteiger partial charge in [0.15, 0.2) is 5.78 Å². The van der Waals surface area contributed by atoms with E-state index in [1.165, 1.54) is 0 Å². The molecule has 2 heterocycles. The van der Waals surface area contributed by atoms with Crippen molar-refractivity contribution in [1.82, 2.24) is 4.90 Å². The molecule has 0 aliphatic carbocycles. The molecule has 4 heteroatoms. The molecule has 0 bridgehead atoms. The van der Waals surface area contributed by atoms with Crippen molar-refractivity contribution in [1.29, 1.82) is 0 Å². The Morgan fingerprint density at radius 3 is 2.75 bits per heavy atom. The van der Waals surface area contributed by atoms with Crippen LogP contribution in [-0.4, -0.2) is 40.7 Å². The van der Waals surface area contributed by atoms with Gasteiger partial charge in [-0.2, -0.15) is 11.8 Å². The maximum absolute atomic E-state index is 11.3. The Balaban J connectivity index is 2.03. The van der Waals surface area contributed by atoms with Gasteiger partial charge in [0.25, 0.3) is 0 Å². The van der Waals surface area contributed by atoms with Crippen LogP contribution in [0.4, 0.5) is 0 Å². The summed E-state index contributed by atoms with van der Waals surface area (Å²) in [6.07, 6.45) is 1.20. The molecule has 1 atom stereocenters. The first-order valence-corrected chi connectivity index (χ1v) is 5.32. The van der Waals surface area contributed by atoms with Gasteiger partial charge in [-0.3, -0.25) is 9.59 Å². The fourth-order valence-electron chi connectivity index (χ4n) is 1.70. The molecule has 1 amide bonds. The molecule has 12 heavy (non-hydrogen) atoms. The summed E-state index contributed by atoms with van der Waals surface area (Å²) in [5, 5.41) is 0. The first-order chi connectivity index (χ1) is 5.77. The lowest BCUT2D eigenvalue weighted by Crippen LogP contribution is -2.36. The molecule has 2 aliphatic rings. The number of nitrogens with zero attached hydrogens (tertiary/aromatic N) is 1. The van der Waals surface area contributed by atoms with E-state index in [1.54, 1.807) is 4.90 Å². The molecule has 0 aromatic heterocycles. The van der Waals surface area contributed by atoms with Gasteiger partial charge in [-0.05, 0) is 12.2 Å². The predicted octanol–water partition coefficient (Wildman–Crippen LogP) is 0.293. The van der Waals surface area contributed by atoms with Crippen LogP contribution in [0.1, 0.15) is 12.8 Å². The summed E-state index contributed by atoms with van der Waals surface area (Å²) in [5.41, 5.74) is 0. The zero-order valence-electron chi connectivity index (χ0n) is 6.78. The monoisotopic (exact) mass is 185 g/mol. The van der Waals surface area contributed by atoms with Crippen LogP contribution in [0.15, 0.2) is 0 Å². The van der Waals surface area contributed by atoms with Crippen molar-refractivity contribution in [3.05, 3.63) is 0 Å². The topological polar surface area (TPSA) is 37.4 Å². The van der Waals surface area contributed by atoms with Gasteiger partial charge in [-0.15, -0.1) is 0 Å². The van der Waals surface area contributed by atoms with E-state index in [2.05, 4.69) is 0 Å². The number of hydrogen-bond donors (Lipinski definition) is 0. The lowest BCUT2D eigenvalue weighted by molar-refractivity contribution is -0.129. The normalized spacial score (nSPS) is 30.3. The molecular formula is C8H11NO2S. The lowest BCUT2D eigenvalue weighted by Gasteiger charge is -2.21. The second kappa shape index (κ2) is 3.09. The van der Waals surface area contributed by atoms with E-state index in [-0.39, 0.29) is 18.1 Å². The van der Waals surface area contributed by atoms with E-state index < -0.39 is 0 Å². The smallest absolute Gasteiger partial charge is 0.230 e. The van der Waals surface area contributed by atoms with Crippen LogP contribution in [0.2, 0.25) is 0 Å². The van der Waals surface area contributed by atoms with Crippen LogP contribution < -0.4 is 0 Å². The zero-order valence-corrected chi connectivity index (χ0v) is 7.60. The minimum Gasteiger partial charge on any atom is -0.331 e. The molecule has 0 radical (unpaired) electrons. The van der Waals surface area contributed by atoms with Gasteiger partial charge in [0.05, 0.1) is 13.0 Å². The number of likely N-dealkylation sites (tertiary alicyclic amines) is 1. The second-order valence-electron chi connectivity index (χ2n) is 3.25. The number of thioether (sulfide) groups is 1. The van der Waals surface area contributed by atoms with E-state index >= 15 is 0 Å². The summed E-state index contributed by atoms with van der Waals surface area (Å²) in [7, 11) is 0. The Hall–Kier alpha value is -0.510. The summed E-state index contributed by atoms with van der Waals surface area (Å²) in [6.45, 7) is 0.365. The first-order valence-electron chi connectivity index (χ1n) is 4.16. The van der Waals surface area contributed by atoms with E-state index in [1.807, 2.05) is 11.8 Å². The Morgan fingerprint density at radius 1 is 1.42 bits per heavy atom. The molecule has 0 aromatic rings. The van der Waals surface area contributed by atoms with Crippen LogP contribution >= 0.6 is 11.8 Å². The lowest BCUT2D eigenvalue weighted by atomic mass is 10.2. The number of Topliss-reactive ketones (excluding diaryl/α,β-unsaturated/α-hetero) is 1. The Kier molecular flexibility index (Phi) is 2.09. The molecule has 0 saturated carbocycles. The van der Waals surface area contributed by atoms with Crippen LogP contribution in [-0.2, 0) is 9.59 Å². The summed E-state index contributed by atoms with van der Waals surface area (Å²) < 4.78 is 0. The van der Waals surface area contributed by atoms with Gasteiger partial charge < -0.3 is 4.90 Å². The van der Waals surface area contributed by atoms with Crippen molar-refractivity contribution < 1.29 is 9.59 Å². The Labute approximate surface area is 75.5 Å². The van der Waals surface area contributed by atoms with Gasteiger partial charge in [0.1, 0.15) is 0 Å². The Morgan fingerprint density at radius 2 is 2.25 bits per heavy atom. The standard InChI is InChI=1S/C8H11NO2S/c10-7-3-8(11)9(4-7)6-1-2-12-5-6/h6H,1-5H2. The second-order valence-corrected chi connectivity index (χ2v) is 4.40. The average Bonchev–Trinajstić information content (AvgIpc) is 2.58. The van der Waals surface area contributed by atoms with Gasteiger partial charge >= 0.3 is 0 Å². The maximum atomic E-state index is 11.3. The van der Waals surface area contributed by atoms with Crippen molar-refractivity contribution >= 4 is 23.5 Å². The Bertz CT molecular complexity index is 223. The van der Waals surface area contributed by atoms with Crippen molar-refractivity contribution in [2.75, 3.05) is 18.1 Å². The highest BCUT2D eigenvalue weighted by Gasteiger charge is 2.34. The molecular weight excluding hydrogens is 174 g/mol. The van der Waals surface area contributed by atoms with E-state index in [9.17, 15) is 9.59 Å². The summed E-state index contributed by atoms with van der Waals surface area (Å²) in [6, 6.07) is 0.342. The van der Waals surface area contributed by atoms with E-state index in [4.69, 9.17) is 0 Å². The van der Waals surface area contributed by atoms with Crippen LogP contribution in [0.3, 0.4) is 0 Å². The number of carbonyl (C=O) groups excluding carboxylic acids is 2. The number of amides is 1. The number of carbonyl (C=O) groups is 2. The SMILES string of the molecule is O=C1CC(=O)N(C2CCSC2)C1. The average molecular weight is 185 g/mol. The number of hydrogen-bond acceptors (Lipinski definition) is 3. The van der Waals surface area contributed by atoms with Gasteiger partial charge in [-0.25, -0.2) is 0 Å². The highest BCUT2D eigenvalue weighted by Crippen LogP contribution is 2.24. The highest BCUT2D eigenvalue weighted by molar-refractivity contribution is 7.99. The fraction of sp³-hybridized carbons (Fsp3) is 0.750. The molecule has 2 aliphatic heterocycles. The summed E-state index contributed by atoms with van der Waals surface area (Å²) in [5.74, 6) is 2.26. The van der Waals surface area contributed by atoms with Crippen molar-refractivity contribution in [3.63, 3.8) is 0 Å². The minimum absolute atomic E-state index is 0.0347. The fourth-order valence-corrected chi connectivity index (χ4v) is 2.93. The van der Waals surface area contributed by atoms with Crippen molar-refractivity contribution in [3.8, 4) is 0 Å². The van der Waals surface area contributed by atoms with Crippen molar-refractivity contribution in [2.45, 2.75) is 18.9 Å². The molecule has 66 valence electrons. The van der Waals surface area contributed by atoms with Gasteiger partial charge in [-0.1, -0.05) is 0 Å². The van der Waals surface area contributed by atoms with Gasteiger partial charge in [0.2, 0.25) is 5.91 Å². The molecule has 1 unspecified atom stereocenters. The van der Waals surface area contributed by atoms with Crippen LogP contribution in [0.5, 0.6) is 0 Å². The van der Waals surface area contributed by atoms with Crippen LogP contribution in [0.25, 0.3) is 0 Å². The molecule has 3 nitrogen and oxygen atoms in total. The largest absolute Gasteiger partial charge is 0.331 e. The molecule has 2 rings (SSSR count). The zero-order chi connectivity index (χ0) is 8.55. The summed E-state index contributed by atoms with van der Waals surface area (Å²) in [4.78, 5) is 24.0. The van der Waals surface area contributed by atoms with E-state index in [0.29, 0.717) is 12.6 Å². The minimum atomic E-state index is 0.0347. The highest BCUT2D eigenvalue weighted by atomic mass is 32.2. The third-order valence-corrected chi connectivity index (χ3v) is 3.51. The summed E-state index contributed by atoms with van der Waals surface area (Å²) >= 11 is 1.87. The van der Waals surface area contributed by atoms with Crippen molar-refractivity contribution in [2.24, 2.45) is 0 Å². The number of rotatable bonds is 1. The maximum Gasteiger partial charge on any atom is 0.230 e. The number of ketones is 1. The van der Waals surface area contributed by atoms with Crippen LogP contribution in [0, 0.1) is 0 Å². The molecule has 2 saturated heterocycles. The molecule has 0 spiro atoms.